The Kier molecular flexibility index (Phi) is 4.26. The van der Waals surface area contributed by atoms with Gasteiger partial charge in [-0.3, -0.25) is 15.0 Å². The van der Waals surface area contributed by atoms with Gasteiger partial charge in [-0.05, 0) is 41.5 Å². The summed E-state index contributed by atoms with van der Waals surface area (Å²) in [6.07, 6.45) is 5.11. The highest BCUT2D eigenvalue weighted by atomic mass is 16.5. The van der Waals surface area contributed by atoms with Gasteiger partial charge in [0, 0.05) is 11.9 Å². The van der Waals surface area contributed by atoms with E-state index in [4.69, 9.17) is 4.74 Å². The number of hydrogen-bond acceptors (Lipinski definition) is 2. The van der Waals surface area contributed by atoms with Crippen molar-refractivity contribution < 1.29 is 4.74 Å². The topological polar surface area (TPSA) is 73.7 Å². The SMILES string of the molecule is O=c1[nH][nH]c(=COc2ccc(-c3ccccc3)cc2)c1=Cc1ccc[nH]1. The first-order chi connectivity index (χ1) is 12.8. The number of hydrogen-bond donors (Lipinski definition) is 3. The van der Waals surface area contributed by atoms with Crippen molar-refractivity contribution in [3.63, 3.8) is 0 Å². The van der Waals surface area contributed by atoms with E-state index >= 15 is 0 Å². The zero-order chi connectivity index (χ0) is 17.8. The highest BCUT2D eigenvalue weighted by molar-refractivity contribution is 5.64. The van der Waals surface area contributed by atoms with Crippen LogP contribution < -0.4 is 20.9 Å². The zero-order valence-electron chi connectivity index (χ0n) is 13.9. The van der Waals surface area contributed by atoms with Gasteiger partial charge in [-0.25, -0.2) is 0 Å². The molecule has 5 heteroatoms. The highest BCUT2D eigenvalue weighted by Gasteiger charge is 1.99. The normalized spacial score (nSPS) is 12.5. The monoisotopic (exact) mass is 343 g/mol. The lowest BCUT2D eigenvalue weighted by atomic mass is 10.1. The Morgan fingerprint density at radius 2 is 1.58 bits per heavy atom. The fraction of sp³-hybridized carbons (Fsp3) is 0. The lowest BCUT2D eigenvalue weighted by Crippen LogP contribution is -2.33. The summed E-state index contributed by atoms with van der Waals surface area (Å²) in [6.45, 7) is 0. The van der Waals surface area contributed by atoms with Crippen LogP contribution in [0.15, 0.2) is 77.7 Å². The van der Waals surface area contributed by atoms with Gasteiger partial charge in [-0.1, -0.05) is 42.5 Å². The third-order valence-electron chi connectivity index (χ3n) is 4.04. The van der Waals surface area contributed by atoms with Gasteiger partial charge in [0.05, 0.1) is 5.22 Å². The number of nitrogens with one attached hydrogen (secondary N) is 3. The molecule has 128 valence electrons. The minimum Gasteiger partial charge on any atom is -0.463 e. The van der Waals surface area contributed by atoms with Crippen molar-refractivity contribution in [2.75, 3.05) is 0 Å². The summed E-state index contributed by atoms with van der Waals surface area (Å²) in [4.78, 5) is 15.0. The maximum Gasteiger partial charge on any atom is 0.271 e. The molecule has 0 atom stereocenters. The van der Waals surface area contributed by atoms with Gasteiger partial charge in [-0.2, -0.15) is 0 Å². The zero-order valence-corrected chi connectivity index (χ0v) is 13.9. The first kappa shape index (κ1) is 15.8. The molecule has 0 fully saturated rings. The van der Waals surface area contributed by atoms with Crippen LogP contribution in [0.5, 0.6) is 5.75 Å². The van der Waals surface area contributed by atoms with Gasteiger partial charge < -0.3 is 9.72 Å². The van der Waals surface area contributed by atoms with E-state index in [1.807, 2.05) is 54.6 Å². The van der Waals surface area contributed by atoms with E-state index in [9.17, 15) is 4.79 Å². The van der Waals surface area contributed by atoms with E-state index in [-0.39, 0.29) is 5.56 Å². The van der Waals surface area contributed by atoms with Crippen molar-refractivity contribution in [1.29, 1.82) is 0 Å². The average Bonchev–Trinajstić information content (AvgIpc) is 3.32. The fourth-order valence-corrected chi connectivity index (χ4v) is 2.69. The van der Waals surface area contributed by atoms with E-state index in [1.54, 1.807) is 12.3 Å². The molecule has 4 rings (SSSR count). The molecular weight excluding hydrogens is 326 g/mol. The molecule has 0 spiro atoms. The van der Waals surface area contributed by atoms with Crippen LogP contribution >= 0.6 is 0 Å². The molecule has 0 amide bonds. The maximum absolute atomic E-state index is 12.0. The number of benzene rings is 2. The van der Waals surface area contributed by atoms with Gasteiger partial charge in [-0.15, -0.1) is 0 Å². The Morgan fingerprint density at radius 1 is 0.808 bits per heavy atom. The Hall–Kier alpha value is -3.73. The second kappa shape index (κ2) is 7.03. The molecule has 3 N–H and O–H groups in total. The summed E-state index contributed by atoms with van der Waals surface area (Å²) >= 11 is 0. The molecule has 2 aromatic carbocycles. The lowest BCUT2D eigenvalue weighted by Gasteiger charge is -2.03. The summed E-state index contributed by atoms with van der Waals surface area (Å²) in [5, 5.41) is 6.50. The van der Waals surface area contributed by atoms with Crippen LogP contribution in [0.3, 0.4) is 0 Å². The molecule has 4 aromatic rings. The van der Waals surface area contributed by atoms with Crippen LogP contribution in [0.4, 0.5) is 0 Å². The summed E-state index contributed by atoms with van der Waals surface area (Å²) in [5.74, 6) is 0.692. The molecule has 0 saturated carbocycles. The van der Waals surface area contributed by atoms with Crippen LogP contribution in [0.2, 0.25) is 0 Å². The molecule has 0 aliphatic heterocycles. The summed E-state index contributed by atoms with van der Waals surface area (Å²) in [7, 11) is 0. The Labute approximate surface area is 149 Å². The van der Waals surface area contributed by atoms with Gasteiger partial charge in [0.2, 0.25) is 0 Å². The van der Waals surface area contributed by atoms with Gasteiger partial charge in [0.25, 0.3) is 5.56 Å². The van der Waals surface area contributed by atoms with Gasteiger partial charge in [0.1, 0.15) is 17.4 Å². The summed E-state index contributed by atoms with van der Waals surface area (Å²) in [5.41, 5.74) is 2.92. The molecule has 2 aromatic heterocycles. The third kappa shape index (κ3) is 3.37. The van der Waals surface area contributed by atoms with Crippen LogP contribution in [0.1, 0.15) is 5.69 Å². The van der Waals surface area contributed by atoms with E-state index in [0.29, 0.717) is 16.3 Å². The first-order valence-electron chi connectivity index (χ1n) is 8.24. The Balaban J connectivity index is 1.61. The molecule has 0 unspecified atom stereocenters. The quantitative estimate of drug-likeness (QED) is 0.532. The molecule has 26 heavy (non-hydrogen) atoms. The highest BCUT2D eigenvalue weighted by Crippen LogP contribution is 2.21. The van der Waals surface area contributed by atoms with Crippen LogP contribution in [0, 0.1) is 0 Å². The van der Waals surface area contributed by atoms with Crippen molar-refractivity contribution in [3.8, 4) is 16.9 Å². The smallest absolute Gasteiger partial charge is 0.271 e. The van der Waals surface area contributed by atoms with Crippen LogP contribution in [-0.4, -0.2) is 15.2 Å². The minimum atomic E-state index is -0.200. The predicted molar refractivity (Wildman–Crippen MR) is 102 cm³/mol. The third-order valence-corrected chi connectivity index (χ3v) is 4.04. The second-order valence-corrected chi connectivity index (χ2v) is 5.80. The Bertz CT molecular complexity index is 1150. The Morgan fingerprint density at radius 3 is 2.31 bits per heavy atom. The second-order valence-electron chi connectivity index (χ2n) is 5.80. The number of ether oxygens (including phenoxy) is 1. The molecule has 5 nitrogen and oxygen atoms in total. The van der Waals surface area contributed by atoms with Crippen molar-refractivity contribution in [1.82, 2.24) is 15.2 Å². The standard InChI is InChI=1S/C21H17N3O2/c25-21-19(13-17-7-4-12-22-17)20(23-24-21)14-26-18-10-8-16(9-11-18)15-5-2-1-3-6-15/h1-14,22-23H,(H,24,25). The van der Waals surface area contributed by atoms with E-state index in [1.165, 1.54) is 6.26 Å². The molecule has 0 aliphatic carbocycles. The lowest BCUT2D eigenvalue weighted by molar-refractivity contribution is 0.537. The first-order valence-corrected chi connectivity index (χ1v) is 8.24. The van der Waals surface area contributed by atoms with E-state index < -0.39 is 0 Å². The largest absolute Gasteiger partial charge is 0.463 e. The fourth-order valence-electron chi connectivity index (χ4n) is 2.69. The molecule has 0 bridgehead atoms. The molecule has 0 aliphatic rings. The summed E-state index contributed by atoms with van der Waals surface area (Å²) < 4.78 is 5.71. The number of H-pyrrole nitrogens is 3. The minimum absolute atomic E-state index is 0.200. The van der Waals surface area contributed by atoms with E-state index in [2.05, 4.69) is 27.3 Å². The summed E-state index contributed by atoms with van der Waals surface area (Å²) in [6, 6.07) is 21.7. The number of aromatic nitrogens is 3. The van der Waals surface area contributed by atoms with Crippen molar-refractivity contribution in [2.24, 2.45) is 0 Å². The average molecular weight is 343 g/mol. The molecule has 2 heterocycles. The van der Waals surface area contributed by atoms with Gasteiger partial charge in [0.15, 0.2) is 0 Å². The molecule has 0 saturated heterocycles. The van der Waals surface area contributed by atoms with E-state index in [0.717, 1.165) is 16.8 Å². The van der Waals surface area contributed by atoms with Crippen molar-refractivity contribution >= 4 is 12.3 Å². The van der Waals surface area contributed by atoms with Crippen molar-refractivity contribution in [3.05, 3.63) is 99.5 Å². The number of aromatic amines is 3. The van der Waals surface area contributed by atoms with Crippen LogP contribution in [0.25, 0.3) is 23.5 Å². The molecule has 0 radical (unpaired) electrons. The van der Waals surface area contributed by atoms with Crippen LogP contribution in [-0.2, 0) is 0 Å². The van der Waals surface area contributed by atoms with Crippen molar-refractivity contribution in [2.45, 2.75) is 0 Å². The maximum atomic E-state index is 12.0. The predicted octanol–water partition coefficient (Wildman–Crippen LogP) is 2.34. The molecular formula is C21H17N3O2. The number of rotatable bonds is 4. The van der Waals surface area contributed by atoms with Gasteiger partial charge >= 0.3 is 0 Å².